The monoisotopic (exact) mass is 372 g/mol. The molecule has 0 aromatic heterocycles. The smallest absolute Gasteiger partial charge is 0.101 e. The van der Waals surface area contributed by atoms with Gasteiger partial charge in [0.15, 0.2) is 0 Å². The maximum atomic E-state index is 6.16. The topological polar surface area (TPSA) is 25.8 Å². The van der Waals surface area contributed by atoms with Crippen LogP contribution >= 0.6 is 11.6 Å². The highest BCUT2D eigenvalue weighted by Gasteiger charge is 2.43. The third kappa shape index (κ3) is 4.68. The van der Waals surface area contributed by atoms with E-state index in [0.717, 1.165) is 44.0 Å². The average Bonchev–Trinajstić information content (AvgIpc) is 2.67. The lowest BCUT2D eigenvalue weighted by atomic mass is 9.66. The molecule has 0 unspecified atom stereocenters. The molecule has 1 fully saturated rings. The Morgan fingerprint density at radius 2 is 1.81 bits per heavy atom. The molecule has 2 atom stereocenters. The number of nitrogens with two attached hydrogens (primary N) is 1. The molecule has 2 nitrogen and oxygen atoms in total. The van der Waals surface area contributed by atoms with Crippen LogP contribution in [0.5, 0.6) is 0 Å². The Kier molecular flexibility index (Phi) is 6.39. The Morgan fingerprint density at radius 1 is 1.08 bits per heavy atom. The lowest BCUT2D eigenvalue weighted by molar-refractivity contribution is -0.672. The minimum Gasteiger partial charge on any atom is -0.375 e. The van der Waals surface area contributed by atoms with Gasteiger partial charge in [-0.05, 0) is 43.9 Å². The first kappa shape index (κ1) is 19.4. The van der Waals surface area contributed by atoms with Gasteiger partial charge in [-0.2, -0.15) is 0 Å². The number of quaternary nitrogens is 1. The van der Waals surface area contributed by atoms with Crippen LogP contribution < -0.4 is 5.32 Å². The molecule has 1 saturated heterocycles. The maximum absolute atomic E-state index is 6.16. The van der Waals surface area contributed by atoms with Crippen LogP contribution in [-0.2, 0) is 16.7 Å². The first-order valence-electron chi connectivity index (χ1n) is 9.81. The molecule has 1 heterocycles. The standard InChI is InChI=1S/C23H30ClNO/c1-3-22(2)18-23(14-16-26-22,20-7-5-4-6-8-20)13-15-25-17-19-9-11-21(24)12-10-19/h4-12,25H,3,13-18H2,1-2H3/p+1/t22-,23-/m0/s1. The van der Waals surface area contributed by atoms with Crippen molar-refractivity contribution in [2.75, 3.05) is 13.2 Å². The van der Waals surface area contributed by atoms with Crippen LogP contribution in [0.15, 0.2) is 54.6 Å². The molecule has 0 aliphatic carbocycles. The zero-order valence-corrected chi connectivity index (χ0v) is 16.8. The van der Waals surface area contributed by atoms with Crippen LogP contribution in [0.2, 0.25) is 5.02 Å². The van der Waals surface area contributed by atoms with Crippen molar-refractivity contribution < 1.29 is 10.1 Å². The third-order valence-electron chi connectivity index (χ3n) is 6.00. The molecule has 1 aliphatic rings. The molecule has 0 amide bonds. The molecule has 2 aromatic rings. The van der Waals surface area contributed by atoms with Crippen LogP contribution in [0.25, 0.3) is 0 Å². The van der Waals surface area contributed by atoms with E-state index in [0.29, 0.717) is 0 Å². The van der Waals surface area contributed by atoms with Crippen LogP contribution in [0.1, 0.15) is 50.7 Å². The van der Waals surface area contributed by atoms with Gasteiger partial charge in [-0.1, -0.05) is 61.0 Å². The summed E-state index contributed by atoms with van der Waals surface area (Å²) in [7, 11) is 0. The van der Waals surface area contributed by atoms with Crippen molar-refractivity contribution in [3.63, 3.8) is 0 Å². The van der Waals surface area contributed by atoms with E-state index in [1.165, 1.54) is 17.5 Å². The van der Waals surface area contributed by atoms with Crippen molar-refractivity contribution >= 4 is 11.6 Å². The van der Waals surface area contributed by atoms with Gasteiger partial charge in [0.1, 0.15) is 6.54 Å². The minimum absolute atomic E-state index is 0.00965. The first-order valence-corrected chi connectivity index (χ1v) is 10.2. The zero-order chi connectivity index (χ0) is 18.5. The van der Waals surface area contributed by atoms with E-state index in [2.05, 4.69) is 61.6 Å². The lowest BCUT2D eigenvalue weighted by Crippen LogP contribution is -2.83. The lowest BCUT2D eigenvalue weighted by Gasteiger charge is -2.46. The third-order valence-corrected chi connectivity index (χ3v) is 6.25. The Labute approximate surface area is 162 Å². The fraction of sp³-hybridized carbons (Fsp3) is 0.478. The highest BCUT2D eigenvalue weighted by atomic mass is 35.5. The second-order valence-electron chi connectivity index (χ2n) is 7.88. The van der Waals surface area contributed by atoms with Gasteiger partial charge < -0.3 is 10.1 Å². The Hall–Kier alpha value is -1.35. The summed E-state index contributed by atoms with van der Waals surface area (Å²) >= 11 is 5.98. The normalized spacial score (nSPS) is 26.0. The molecular weight excluding hydrogens is 342 g/mol. The van der Waals surface area contributed by atoms with Gasteiger partial charge in [0, 0.05) is 29.0 Å². The van der Waals surface area contributed by atoms with Gasteiger partial charge in [-0.3, -0.25) is 0 Å². The number of rotatable bonds is 7. The molecule has 0 bridgehead atoms. The van der Waals surface area contributed by atoms with E-state index >= 15 is 0 Å². The zero-order valence-electron chi connectivity index (χ0n) is 16.0. The molecular formula is C23H31ClNO+. The summed E-state index contributed by atoms with van der Waals surface area (Å²) in [6.45, 7) is 7.51. The Morgan fingerprint density at radius 3 is 2.50 bits per heavy atom. The molecule has 26 heavy (non-hydrogen) atoms. The minimum atomic E-state index is -0.00965. The second-order valence-corrected chi connectivity index (χ2v) is 8.32. The summed E-state index contributed by atoms with van der Waals surface area (Å²) in [5.41, 5.74) is 3.02. The number of benzene rings is 2. The van der Waals surface area contributed by atoms with E-state index in [-0.39, 0.29) is 11.0 Å². The van der Waals surface area contributed by atoms with Crippen molar-refractivity contribution in [2.24, 2.45) is 0 Å². The van der Waals surface area contributed by atoms with Crippen LogP contribution in [0, 0.1) is 0 Å². The number of hydrogen-bond acceptors (Lipinski definition) is 1. The summed E-state index contributed by atoms with van der Waals surface area (Å²) in [6, 6.07) is 19.3. The fourth-order valence-electron chi connectivity index (χ4n) is 4.24. The molecule has 0 saturated carbocycles. The van der Waals surface area contributed by atoms with E-state index in [9.17, 15) is 0 Å². The summed E-state index contributed by atoms with van der Waals surface area (Å²) < 4.78 is 6.16. The van der Waals surface area contributed by atoms with Gasteiger partial charge in [0.25, 0.3) is 0 Å². The fourth-order valence-corrected chi connectivity index (χ4v) is 4.36. The highest BCUT2D eigenvalue weighted by Crippen LogP contribution is 2.44. The van der Waals surface area contributed by atoms with Gasteiger partial charge >= 0.3 is 0 Å². The largest absolute Gasteiger partial charge is 0.375 e. The predicted octanol–water partition coefficient (Wildman–Crippen LogP) is 4.71. The van der Waals surface area contributed by atoms with Gasteiger partial charge in [-0.25, -0.2) is 0 Å². The molecule has 2 aromatic carbocycles. The average molecular weight is 373 g/mol. The quantitative estimate of drug-likeness (QED) is 0.700. The summed E-state index contributed by atoms with van der Waals surface area (Å²) in [5, 5.41) is 3.23. The molecule has 2 N–H and O–H groups in total. The Balaban J connectivity index is 1.67. The Bertz CT molecular complexity index is 687. The molecule has 1 aliphatic heterocycles. The van der Waals surface area contributed by atoms with Crippen molar-refractivity contribution in [1.29, 1.82) is 0 Å². The van der Waals surface area contributed by atoms with E-state index in [4.69, 9.17) is 16.3 Å². The van der Waals surface area contributed by atoms with Crippen molar-refractivity contribution in [3.8, 4) is 0 Å². The maximum Gasteiger partial charge on any atom is 0.101 e. The SMILES string of the molecule is CC[C@@]1(C)C[C@@](CC[NH2+]Cc2ccc(Cl)cc2)(c2ccccc2)CCO1. The molecule has 0 spiro atoms. The summed E-state index contributed by atoms with van der Waals surface area (Å²) in [5.74, 6) is 0. The van der Waals surface area contributed by atoms with E-state index in [1.54, 1.807) is 0 Å². The van der Waals surface area contributed by atoms with E-state index in [1.807, 2.05) is 12.1 Å². The van der Waals surface area contributed by atoms with Gasteiger partial charge in [-0.15, -0.1) is 0 Å². The van der Waals surface area contributed by atoms with Crippen molar-refractivity contribution in [3.05, 3.63) is 70.7 Å². The van der Waals surface area contributed by atoms with Crippen molar-refractivity contribution in [2.45, 2.75) is 57.1 Å². The highest BCUT2D eigenvalue weighted by molar-refractivity contribution is 6.30. The molecule has 0 radical (unpaired) electrons. The molecule has 3 rings (SSSR count). The van der Waals surface area contributed by atoms with Crippen LogP contribution in [0.4, 0.5) is 0 Å². The van der Waals surface area contributed by atoms with Crippen LogP contribution in [-0.4, -0.2) is 18.8 Å². The number of halogens is 1. The van der Waals surface area contributed by atoms with Crippen LogP contribution in [0.3, 0.4) is 0 Å². The molecule has 3 heteroatoms. The number of ether oxygens (including phenoxy) is 1. The first-order chi connectivity index (χ1) is 12.6. The predicted molar refractivity (Wildman–Crippen MR) is 109 cm³/mol. The van der Waals surface area contributed by atoms with Gasteiger partial charge in [0.05, 0.1) is 12.1 Å². The van der Waals surface area contributed by atoms with Gasteiger partial charge in [0.2, 0.25) is 0 Å². The number of hydrogen-bond donors (Lipinski definition) is 1. The second kappa shape index (κ2) is 8.56. The molecule has 140 valence electrons. The van der Waals surface area contributed by atoms with E-state index < -0.39 is 0 Å². The van der Waals surface area contributed by atoms with Crippen molar-refractivity contribution in [1.82, 2.24) is 0 Å². The summed E-state index contributed by atoms with van der Waals surface area (Å²) in [6.07, 6.45) is 4.47. The summed E-state index contributed by atoms with van der Waals surface area (Å²) in [4.78, 5) is 0.